The number of hydrogen-bond acceptors (Lipinski definition) is 6. The molecule has 158 valence electrons. The number of carbonyl (C=O) groups is 1. The summed E-state index contributed by atoms with van der Waals surface area (Å²) in [5.74, 6) is -1.07. The van der Waals surface area contributed by atoms with Crippen LogP contribution < -0.4 is 4.74 Å². The number of morpholine rings is 1. The summed E-state index contributed by atoms with van der Waals surface area (Å²) in [6.45, 7) is 13.5. The fourth-order valence-corrected chi connectivity index (χ4v) is 2.67. The van der Waals surface area contributed by atoms with Gasteiger partial charge in [0.1, 0.15) is 6.61 Å². The molecule has 1 fully saturated rings. The Kier molecular flexibility index (Phi) is 8.22. The summed E-state index contributed by atoms with van der Waals surface area (Å²) in [6.07, 6.45) is -0.637. The van der Waals surface area contributed by atoms with Gasteiger partial charge in [-0.3, -0.25) is 4.90 Å². The zero-order valence-electron chi connectivity index (χ0n) is 17.5. The van der Waals surface area contributed by atoms with Crippen molar-refractivity contribution in [3.8, 4) is 5.75 Å². The first kappa shape index (κ1) is 22.6. The highest BCUT2D eigenvalue weighted by molar-refractivity contribution is 5.89. The fraction of sp³-hybridized carbons (Fsp3) is 0.667. The third kappa shape index (κ3) is 7.37. The molecule has 1 aliphatic heterocycles. The Morgan fingerprint density at radius 2 is 1.93 bits per heavy atom. The number of hydrogen-bond donors (Lipinski definition) is 0. The summed E-state index contributed by atoms with van der Waals surface area (Å²) in [7, 11) is 0. The van der Waals surface area contributed by atoms with Crippen LogP contribution in [0.3, 0.4) is 0 Å². The summed E-state index contributed by atoms with van der Waals surface area (Å²) < 4.78 is 36.5. The van der Waals surface area contributed by atoms with Crippen molar-refractivity contribution in [3.05, 3.63) is 29.6 Å². The second-order valence-corrected chi connectivity index (χ2v) is 8.20. The molecular formula is C21H32FNO5. The van der Waals surface area contributed by atoms with Gasteiger partial charge in [0.2, 0.25) is 6.29 Å². The number of nitrogens with zero attached hydrogens (tertiary/aromatic N) is 1. The van der Waals surface area contributed by atoms with Crippen LogP contribution in [0.25, 0.3) is 0 Å². The lowest BCUT2D eigenvalue weighted by Gasteiger charge is -2.30. The number of rotatable bonds is 8. The highest BCUT2D eigenvalue weighted by Crippen LogP contribution is 2.25. The molecule has 1 atom stereocenters. The fourth-order valence-electron chi connectivity index (χ4n) is 2.67. The maximum absolute atomic E-state index is 14.2. The highest BCUT2D eigenvalue weighted by atomic mass is 19.1. The van der Waals surface area contributed by atoms with E-state index in [-0.39, 0.29) is 23.8 Å². The molecule has 0 amide bonds. The highest BCUT2D eigenvalue weighted by Gasteiger charge is 2.25. The third-order valence-electron chi connectivity index (χ3n) is 4.17. The van der Waals surface area contributed by atoms with Gasteiger partial charge in [0.25, 0.3) is 0 Å². The van der Waals surface area contributed by atoms with E-state index in [1.807, 2.05) is 34.6 Å². The van der Waals surface area contributed by atoms with E-state index in [9.17, 15) is 9.18 Å². The molecule has 0 saturated carbocycles. The maximum atomic E-state index is 14.2. The standard InChI is InChI=1S/C21H32FNO5/c1-15(2)20(28-21(3,4)5)27-18-14-16(6-7-17(18)22)19(24)26-13-10-23-8-11-25-12-9-23/h6-7,14-15,20H,8-13H2,1-5H3. The van der Waals surface area contributed by atoms with E-state index in [1.165, 1.54) is 18.2 Å². The van der Waals surface area contributed by atoms with Crippen molar-refractivity contribution in [2.24, 2.45) is 5.92 Å². The lowest BCUT2D eigenvalue weighted by atomic mass is 10.1. The first-order valence-electron chi connectivity index (χ1n) is 9.77. The van der Waals surface area contributed by atoms with Gasteiger partial charge in [0.05, 0.1) is 24.4 Å². The molecule has 0 N–H and O–H groups in total. The first-order chi connectivity index (χ1) is 13.2. The number of halogens is 1. The minimum absolute atomic E-state index is 0.00255. The van der Waals surface area contributed by atoms with Crippen LogP contribution in [-0.4, -0.2) is 62.2 Å². The van der Waals surface area contributed by atoms with E-state index in [2.05, 4.69) is 4.90 Å². The topological polar surface area (TPSA) is 57.2 Å². The summed E-state index contributed by atoms with van der Waals surface area (Å²) in [6, 6.07) is 3.98. The van der Waals surface area contributed by atoms with Gasteiger partial charge in [-0.2, -0.15) is 0 Å². The second-order valence-electron chi connectivity index (χ2n) is 8.20. The monoisotopic (exact) mass is 397 g/mol. The minimum Gasteiger partial charge on any atom is -0.462 e. The molecule has 1 saturated heterocycles. The largest absolute Gasteiger partial charge is 0.462 e. The Balaban J connectivity index is 1.97. The van der Waals surface area contributed by atoms with Crippen molar-refractivity contribution < 1.29 is 28.1 Å². The predicted molar refractivity (Wildman–Crippen MR) is 104 cm³/mol. The van der Waals surface area contributed by atoms with Crippen molar-refractivity contribution in [2.75, 3.05) is 39.5 Å². The summed E-state index contributed by atoms with van der Waals surface area (Å²) in [5.41, 5.74) is -0.196. The lowest BCUT2D eigenvalue weighted by Crippen LogP contribution is -2.38. The normalized spacial score (nSPS) is 16.8. The third-order valence-corrected chi connectivity index (χ3v) is 4.17. The zero-order valence-corrected chi connectivity index (χ0v) is 17.5. The molecule has 0 bridgehead atoms. The average Bonchev–Trinajstić information content (AvgIpc) is 2.62. The predicted octanol–water partition coefficient (Wildman–Crippen LogP) is 3.49. The first-order valence-corrected chi connectivity index (χ1v) is 9.77. The summed E-state index contributed by atoms with van der Waals surface area (Å²) >= 11 is 0. The molecule has 0 spiro atoms. The van der Waals surface area contributed by atoms with Crippen molar-refractivity contribution in [1.82, 2.24) is 4.90 Å². The smallest absolute Gasteiger partial charge is 0.338 e. The Hall–Kier alpha value is -1.70. The lowest BCUT2D eigenvalue weighted by molar-refractivity contribution is -0.172. The van der Waals surface area contributed by atoms with E-state index in [0.717, 1.165) is 13.1 Å². The van der Waals surface area contributed by atoms with Gasteiger partial charge in [-0.25, -0.2) is 9.18 Å². The van der Waals surface area contributed by atoms with Crippen molar-refractivity contribution in [3.63, 3.8) is 0 Å². The molecule has 1 aromatic rings. The number of esters is 1. The average molecular weight is 397 g/mol. The van der Waals surface area contributed by atoms with Crippen LogP contribution in [0.5, 0.6) is 5.75 Å². The Bertz CT molecular complexity index is 638. The van der Waals surface area contributed by atoms with Crippen molar-refractivity contribution in [1.29, 1.82) is 0 Å². The van der Waals surface area contributed by atoms with Gasteiger partial charge in [-0.05, 0) is 39.0 Å². The van der Waals surface area contributed by atoms with Crippen LogP contribution in [0.1, 0.15) is 45.0 Å². The molecule has 1 aromatic carbocycles. The second kappa shape index (κ2) is 10.2. The van der Waals surface area contributed by atoms with E-state index in [0.29, 0.717) is 19.8 Å². The van der Waals surface area contributed by atoms with Crippen LogP contribution in [0.2, 0.25) is 0 Å². The summed E-state index contributed by atoms with van der Waals surface area (Å²) in [5, 5.41) is 0. The van der Waals surface area contributed by atoms with Gasteiger partial charge in [-0.1, -0.05) is 13.8 Å². The molecule has 0 aliphatic carbocycles. The Labute approximate surface area is 166 Å². The van der Waals surface area contributed by atoms with Crippen LogP contribution in [0.4, 0.5) is 4.39 Å². The zero-order chi connectivity index (χ0) is 20.7. The van der Waals surface area contributed by atoms with Crippen molar-refractivity contribution in [2.45, 2.75) is 46.5 Å². The molecule has 1 heterocycles. The van der Waals surface area contributed by atoms with Crippen LogP contribution in [0, 0.1) is 11.7 Å². The molecule has 7 heteroatoms. The van der Waals surface area contributed by atoms with Gasteiger partial charge >= 0.3 is 5.97 Å². The van der Waals surface area contributed by atoms with E-state index in [1.54, 1.807) is 0 Å². The van der Waals surface area contributed by atoms with Gasteiger partial charge in [0.15, 0.2) is 11.6 Å². The molecule has 28 heavy (non-hydrogen) atoms. The number of carbonyl (C=O) groups excluding carboxylic acids is 1. The van der Waals surface area contributed by atoms with Gasteiger partial charge in [-0.15, -0.1) is 0 Å². The van der Waals surface area contributed by atoms with Crippen LogP contribution in [0.15, 0.2) is 18.2 Å². The molecule has 0 radical (unpaired) electrons. The SMILES string of the molecule is CC(C)C(Oc1cc(C(=O)OCCN2CCOCC2)ccc1F)OC(C)(C)C. The maximum Gasteiger partial charge on any atom is 0.338 e. The van der Waals surface area contributed by atoms with E-state index >= 15 is 0 Å². The van der Waals surface area contributed by atoms with Gasteiger partial charge in [0, 0.05) is 25.6 Å². The molecule has 0 aromatic heterocycles. The van der Waals surface area contributed by atoms with Gasteiger partial charge < -0.3 is 18.9 Å². The summed E-state index contributed by atoms with van der Waals surface area (Å²) in [4.78, 5) is 14.5. The number of ether oxygens (including phenoxy) is 4. The van der Waals surface area contributed by atoms with Crippen LogP contribution >= 0.6 is 0 Å². The molecule has 1 unspecified atom stereocenters. The molecular weight excluding hydrogens is 365 g/mol. The van der Waals surface area contributed by atoms with Crippen molar-refractivity contribution >= 4 is 5.97 Å². The number of benzene rings is 1. The van der Waals surface area contributed by atoms with E-state index in [4.69, 9.17) is 18.9 Å². The molecule has 6 nitrogen and oxygen atoms in total. The molecule has 1 aliphatic rings. The Morgan fingerprint density at radius 1 is 1.25 bits per heavy atom. The minimum atomic E-state index is -0.637. The van der Waals surface area contributed by atoms with E-state index < -0.39 is 23.7 Å². The Morgan fingerprint density at radius 3 is 2.54 bits per heavy atom. The molecule has 2 rings (SSSR count). The van der Waals surface area contributed by atoms with Crippen LogP contribution in [-0.2, 0) is 14.2 Å². The quantitative estimate of drug-likeness (QED) is 0.494.